The molecule has 2 nitrogen and oxygen atoms in total. The number of fused-ring (bicyclic) bond motifs is 1. The third-order valence-electron chi connectivity index (χ3n) is 4.17. The predicted molar refractivity (Wildman–Crippen MR) is 88.8 cm³/mol. The molecule has 2 aromatic carbocycles. The SMILES string of the molecule is NCC1c2ccccc2CCN1Cc1c(Cl)cccc1Cl. The van der Waals surface area contributed by atoms with Crippen molar-refractivity contribution < 1.29 is 0 Å². The normalized spacial score (nSPS) is 18.5. The van der Waals surface area contributed by atoms with Gasteiger partial charge in [-0.2, -0.15) is 0 Å². The number of hydrogen-bond acceptors (Lipinski definition) is 2. The summed E-state index contributed by atoms with van der Waals surface area (Å²) in [7, 11) is 0. The molecule has 4 heteroatoms. The molecule has 0 amide bonds. The average Bonchev–Trinajstić information content (AvgIpc) is 2.50. The van der Waals surface area contributed by atoms with Gasteiger partial charge in [-0.05, 0) is 29.7 Å². The van der Waals surface area contributed by atoms with Gasteiger partial charge in [-0.15, -0.1) is 0 Å². The van der Waals surface area contributed by atoms with Crippen molar-refractivity contribution in [2.24, 2.45) is 5.73 Å². The van der Waals surface area contributed by atoms with Crippen molar-refractivity contribution in [2.75, 3.05) is 13.1 Å². The van der Waals surface area contributed by atoms with Crippen LogP contribution in [0.2, 0.25) is 10.0 Å². The maximum Gasteiger partial charge on any atom is 0.0476 e. The molecule has 110 valence electrons. The standard InChI is InChI=1S/C17H18Cl2N2/c18-15-6-3-7-16(19)14(15)11-21-9-8-12-4-1-2-5-13(12)17(21)10-20/h1-7,17H,8-11,20H2. The van der Waals surface area contributed by atoms with Gasteiger partial charge in [-0.1, -0.05) is 53.5 Å². The second-order valence-electron chi connectivity index (χ2n) is 5.37. The highest BCUT2D eigenvalue weighted by Gasteiger charge is 2.26. The topological polar surface area (TPSA) is 29.3 Å². The van der Waals surface area contributed by atoms with E-state index in [9.17, 15) is 0 Å². The third kappa shape index (κ3) is 2.95. The van der Waals surface area contributed by atoms with Crippen LogP contribution < -0.4 is 5.73 Å². The third-order valence-corrected chi connectivity index (χ3v) is 4.88. The molecule has 0 fully saturated rings. The molecule has 21 heavy (non-hydrogen) atoms. The molecular weight excluding hydrogens is 303 g/mol. The average molecular weight is 321 g/mol. The summed E-state index contributed by atoms with van der Waals surface area (Å²) in [5.74, 6) is 0. The molecule has 1 aliphatic rings. The second-order valence-corrected chi connectivity index (χ2v) is 6.19. The van der Waals surface area contributed by atoms with Gasteiger partial charge in [0.05, 0.1) is 0 Å². The largest absolute Gasteiger partial charge is 0.329 e. The van der Waals surface area contributed by atoms with Gasteiger partial charge in [0.2, 0.25) is 0 Å². The highest BCUT2D eigenvalue weighted by molar-refractivity contribution is 6.35. The Morgan fingerprint density at radius 2 is 1.76 bits per heavy atom. The Bertz CT molecular complexity index is 622. The van der Waals surface area contributed by atoms with Crippen LogP contribution >= 0.6 is 23.2 Å². The van der Waals surface area contributed by atoms with E-state index in [2.05, 4.69) is 29.2 Å². The summed E-state index contributed by atoms with van der Waals surface area (Å²) in [6.45, 7) is 2.30. The molecule has 2 N–H and O–H groups in total. The van der Waals surface area contributed by atoms with Crippen molar-refractivity contribution in [1.29, 1.82) is 0 Å². The summed E-state index contributed by atoms with van der Waals surface area (Å²) < 4.78 is 0. The number of benzene rings is 2. The van der Waals surface area contributed by atoms with Crippen molar-refractivity contribution in [3.8, 4) is 0 Å². The molecule has 0 radical (unpaired) electrons. The highest BCUT2D eigenvalue weighted by Crippen LogP contribution is 2.33. The summed E-state index contributed by atoms with van der Waals surface area (Å²) in [4.78, 5) is 2.37. The van der Waals surface area contributed by atoms with Crippen LogP contribution in [0.25, 0.3) is 0 Å². The molecule has 2 aromatic rings. The van der Waals surface area contributed by atoms with Crippen molar-refractivity contribution >= 4 is 23.2 Å². The van der Waals surface area contributed by atoms with E-state index in [1.165, 1.54) is 11.1 Å². The number of halogens is 2. The maximum absolute atomic E-state index is 6.30. The summed E-state index contributed by atoms with van der Waals surface area (Å²) in [5, 5.41) is 1.44. The summed E-state index contributed by atoms with van der Waals surface area (Å²) in [5.41, 5.74) is 9.74. The van der Waals surface area contributed by atoms with E-state index in [4.69, 9.17) is 28.9 Å². The van der Waals surface area contributed by atoms with Crippen LogP contribution in [0.5, 0.6) is 0 Å². The molecule has 1 heterocycles. The van der Waals surface area contributed by atoms with Gasteiger partial charge in [0.25, 0.3) is 0 Å². The Balaban J connectivity index is 1.90. The van der Waals surface area contributed by atoms with Gasteiger partial charge in [0.15, 0.2) is 0 Å². The number of nitrogens with two attached hydrogens (primary N) is 1. The zero-order valence-corrected chi connectivity index (χ0v) is 13.2. The number of rotatable bonds is 3. The maximum atomic E-state index is 6.30. The molecule has 0 saturated heterocycles. The summed E-state index contributed by atoms with van der Waals surface area (Å²) in [6, 6.07) is 14.4. The fourth-order valence-electron chi connectivity index (χ4n) is 3.06. The smallest absolute Gasteiger partial charge is 0.0476 e. The lowest BCUT2D eigenvalue weighted by Gasteiger charge is -2.37. The number of nitrogens with zero attached hydrogens (tertiary/aromatic N) is 1. The van der Waals surface area contributed by atoms with E-state index in [0.717, 1.165) is 35.1 Å². The molecule has 1 aliphatic heterocycles. The first kappa shape index (κ1) is 14.9. The molecule has 1 unspecified atom stereocenters. The Labute approximate surface area is 135 Å². The minimum Gasteiger partial charge on any atom is -0.329 e. The van der Waals surface area contributed by atoms with Crippen molar-refractivity contribution in [3.05, 3.63) is 69.2 Å². The molecule has 3 rings (SSSR count). The van der Waals surface area contributed by atoms with E-state index in [0.29, 0.717) is 6.54 Å². The van der Waals surface area contributed by atoms with Crippen LogP contribution in [0.3, 0.4) is 0 Å². The minimum atomic E-state index is 0.224. The van der Waals surface area contributed by atoms with Crippen LogP contribution in [0.15, 0.2) is 42.5 Å². The molecule has 0 aliphatic carbocycles. The van der Waals surface area contributed by atoms with E-state index in [1.54, 1.807) is 0 Å². The van der Waals surface area contributed by atoms with Crippen LogP contribution in [-0.4, -0.2) is 18.0 Å². The van der Waals surface area contributed by atoms with Gasteiger partial charge < -0.3 is 5.73 Å². The lowest BCUT2D eigenvalue weighted by Crippen LogP contribution is -2.38. The van der Waals surface area contributed by atoms with Gasteiger partial charge in [-0.25, -0.2) is 0 Å². The minimum absolute atomic E-state index is 0.224. The quantitative estimate of drug-likeness (QED) is 0.924. The van der Waals surface area contributed by atoms with E-state index < -0.39 is 0 Å². The molecule has 1 atom stereocenters. The molecule has 0 saturated carbocycles. The van der Waals surface area contributed by atoms with Gasteiger partial charge in [0.1, 0.15) is 0 Å². The Morgan fingerprint density at radius 3 is 2.48 bits per heavy atom. The van der Waals surface area contributed by atoms with Crippen molar-refractivity contribution in [2.45, 2.75) is 19.0 Å². The van der Waals surface area contributed by atoms with Crippen molar-refractivity contribution in [1.82, 2.24) is 4.90 Å². The van der Waals surface area contributed by atoms with E-state index in [-0.39, 0.29) is 6.04 Å². The molecule has 0 spiro atoms. The first-order valence-electron chi connectivity index (χ1n) is 7.15. The molecular formula is C17H18Cl2N2. The zero-order valence-electron chi connectivity index (χ0n) is 11.7. The van der Waals surface area contributed by atoms with Gasteiger partial charge in [0, 0.05) is 41.3 Å². The van der Waals surface area contributed by atoms with Crippen LogP contribution in [-0.2, 0) is 13.0 Å². The van der Waals surface area contributed by atoms with Crippen molar-refractivity contribution in [3.63, 3.8) is 0 Å². The van der Waals surface area contributed by atoms with Gasteiger partial charge >= 0.3 is 0 Å². The second kappa shape index (κ2) is 6.37. The van der Waals surface area contributed by atoms with Crippen LogP contribution in [0, 0.1) is 0 Å². The zero-order chi connectivity index (χ0) is 14.8. The lowest BCUT2D eigenvalue weighted by atomic mass is 9.92. The molecule has 0 bridgehead atoms. The number of hydrogen-bond donors (Lipinski definition) is 1. The molecule has 0 aromatic heterocycles. The van der Waals surface area contributed by atoms with E-state index in [1.807, 2.05) is 18.2 Å². The van der Waals surface area contributed by atoms with Gasteiger partial charge in [-0.3, -0.25) is 4.90 Å². The fourth-order valence-corrected chi connectivity index (χ4v) is 3.57. The lowest BCUT2D eigenvalue weighted by molar-refractivity contribution is 0.181. The summed E-state index contributed by atoms with van der Waals surface area (Å²) >= 11 is 12.6. The summed E-state index contributed by atoms with van der Waals surface area (Å²) in [6.07, 6.45) is 1.04. The monoisotopic (exact) mass is 320 g/mol. The van der Waals surface area contributed by atoms with Crippen LogP contribution in [0.1, 0.15) is 22.7 Å². The first-order chi connectivity index (χ1) is 10.2. The van der Waals surface area contributed by atoms with Crippen LogP contribution in [0.4, 0.5) is 0 Å². The predicted octanol–water partition coefficient (Wildman–Crippen LogP) is 4.05. The Hall–Kier alpha value is -1.06. The van der Waals surface area contributed by atoms with E-state index >= 15 is 0 Å². The Kier molecular flexibility index (Phi) is 4.51. The Morgan fingerprint density at radius 1 is 1.05 bits per heavy atom. The first-order valence-corrected chi connectivity index (χ1v) is 7.91. The fraction of sp³-hybridized carbons (Fsp3) is 0.294. The highest BCUT2D eigenvalue weighted by atomic mass is 35.5.